The van der Waals surface area contributed by atoms with Crippen molar-refractivity contribution in [2.45, 2.75) is 20.3 Å². The lowest BCUT2D eigenvalue weighted by atomic mass is 10.2. The minimum Gasteiger partial charge on any atom is -0.256 e. The van der Waals surface area contributed by atoms with Gasteiger partial charge in [0.2, 0.25) is 0 Å². The lowest BCUT2D eigenvalue weighted by molar-refractivity contribution is 1.28. The Morgan fingerprint density at radius 3 is 2.77 bits per heavy atom. The molecule has 68 valence electrons. The van der Waals surface area contributed by atoms with E-state index >= 15 is 0 Å². The summed E-state index contributed by atoms with van der Waals surface area (Å²) in [6, 6.07) is 4.04. The van der Waals surface area contributed by atoms with Gasteiger partial charge in [0.05, 0.1) is 5.69 Å². The molecule has 1 heterocycles. The van der Waals surface area contributed by atoms with E-state index in [1.165, 1.54) is 5.56 Å². The van der Waals surface area contributed by atoms with E-state index in [0.29, 0.717) is 0 Å². The first kappa shape index (κ1) is 9.72. The summed E-state index contributed by atoms with van der Waals surface area (Å²) in [7, 11) is 0. The number of allylic oxidation sites excluding steroid dienone is 2. The molecule has 1 aromatic rings. The molecule has 1 nitrogen and oxygen atoms in total. The van der Waals surface area contributed by atoms with Crippen LogP contribution in [0, 0.1) is 0 Å². The van der Waals surface area contributed by atoms with Gasteiger partial charge in [-0.25, -0.2) is 0 Å². The Bertz CT molecular complexity index is 280. The summed E-state index contributed by atoms with van der Waals surface area (Å²) in [5.41, 5.74) is 2.28. The molecule has 0 radical (unpaired) electrons. The molecule has 2 rings (SSSR count). The van der Waals surface area contributed by atoms with Crippen LogP contribution < -0.4 is 0 Å². The second-order valence-corrected chi connectivity index (χ2v) is 2.52. The summed E-state index contributed by atoms with van der Waals surface area (Å²) in [5, 5.41) is 0. The van der Waals surface area contributed by atoms with Crippen molar-refractivity contribution in [2.75, 3.05) is 0 Å². The molecule has 0 atom stereocenters. The fraction of sp³-hybridized carbons (Fsp3) is 0.250. The maximum absolute atomic E-state index is 4.24. The van der Waals surface area contributed by atoms with Crippen LogP contribution in [0.1, 0.15) is 31.5 Å². The third kappa shape index (κ3) is 2.55. The molecular formula is C12H15N. The molecular weight excluding hydrogens is 158 g/mol. The van der Waals surface area contributed by atoms with Crippen molar-refractivity contribution < 1.29 is 0 Å². The number of aromatic nitrogens is 1. The maximum Gasteiger partial charge on any atom is 0.0698 e. The van der Waals surface area contributed by atoms with E-state index in [0.717, 1.165) is 12.1 Å². The van der Waals surface area contributed by atoms with E-state index in [9.17, 15) is 0 Å². The van der Waals surface area contributed by atoms with Gasteiger partial charge in [-0.15, -0.1) is 0 Å². The van der Waals surface area contributed by atoms with Crippen LogP contribution in [-0.2, 0) is 0 Å². The van der Waals surface area contributed by atoms with Gasteiger partial charge in [0.15, 0.2) is 0 Å². The highest BCUT2D eigenvalue weighted by Crippen LogP contribution is 2.13. The van der Waals surface area contributed by atoms with Crippen molar-refractivity contribution in [3.8, 4) is 0 Å². The zero-order chi connectivity index (χ0) is 9.52. The average molecular weight is 173 g/mol. The molecule has 0 N–H and O–H groups in total. The van der Waals surface area contributed by atoms with Crippen LogP contribution in [0.25, 0.3) is 12.2 Å². The Hall–Kier alpha value is -1.37. The number of rotatable bonds is 0. The van der Waals surface area contributed by atoms with Gasteiger partial charge in [-0.2, -0.15) is 0 Å². The molecule has 13 heavy (non-hydrogen) atoms. The van der Waals surface area contributed by atoms with Gasteiger partial charge in [-0.3, -0.25) is 4.98 Å². The summed E-state index contributed by atoms with van der Waals surface area (Å²) in [4.78, 5) is 4.24. The summed E-state index contributed by atoms with van der Waals surface area (Å²) < 4.78 is 0. The molecule has 1 aliphatic rings. The van der Waals surface area contributed by atoms with Gasteiger partial charge >= 0.3 is 0 Å². The number of pyridine rings is 1. The van der Waals surface area contributed by atoms with Gasteiger partial charge < -0.3 is 0 Å². The van der Waals surface area contributed by atoms with Gasteiger partial charge in [0.1, 0.15) is 0 Å². The van der Waals surface area contributed by atoms with Crippen LogP contribution in [0.2, 0.25) is 0 Å². The standard InChI is InChI=1S/C10H9N.C2H6/c1-2-5-9-6-4-8-11-10(9)7-3-1;1-2/h2-8H,1H2;1-2H3. The van der Waals surface area contributed by atoms with E-state index in [4.69, 9.17) is 0 Å². The summed E-state index contributed by atoms with van der Waals surface area (Å²) >= 11 is 0. The first-order valence-corrected chi connectivity index (χ1v) is 4.75. The molecule has 1 heteroatoms. The van der Waals surface area contributed by atoms with Crippen molar-refractivity contribution in [1.29, 1.82) is 0 Å². The largest absolute Gasteiger partial charge is 0.256 e. The predicted octanol–water partition coefficient (Wildman–Crippen LogP) is 3.54. The minimum atomic E-state index is 1.01. The van der Waals surface area contributed by atoms with Crippen molar-refractivity contribution in [3.05, 3.63) is 41.7 Å². The Morgan fingerprint density at radius 1 is 1.15 bits per heavy atom. The van der Waals surface area contributed by atoms with Crippen molar-refractivity contribution in [3.63, 3.8) is 0 Å². The molecule has 0 unspecified atom stereocenters. The third-order valence-electron chi connectivity index (χ3n) is 1.72. The van der Waals surface area contributed by atoms with Crippen molar-refractivity contribution in [1.82, 2.24) is 4.98 Å². The molecule has 1 aromatic heterocycles. The van der Waals surface area contributed by atoms with E-state index in [-0.39, 0.29) is 0 Å². The number of fused-ring (bicyclic) bond motifs is 1. The zero-order valence-electron chi connectivity index (χ0n) is 8.20. The van der Waals surface area contributed by atoms with Crippen LogP contribution in [0.3, 0.4) is 0 Å². The smallest absolute Gasteiger partial charge is 0.0698 e. The topological polar surface area (TPSA) is 12.9 Å². The second-order valence-electron chi connectivity index (χ2n) is 2.52. The number of hydrogen-bond donors (Lipinski definition) is 0. The SMILES string of the molecule is C1=Cc2cccnc2C=CC1.CC. The highest BCUT2D eigenvalue weighted by Gasteiger charge is 1.96. The van der Waals surface area contributed by atoms with E-state index in [1.54, 1.807) is 0 Å². The summed E-state index contributed by atoms with van der Waals surface area (Å²) in [5.74, 6) is 0. The molecule has 0 spiro atoms. The highest BCUT2D eigenvalue weighted by molar-refractivity contribution is 5.64. The van der Waals surface area contributed by atoms with Gasteiger partial charge in [-0.1, -0.05) is 38.1 Å². The fourth-order valence-corrected chi connectivity index (χ4v) is 1.16. The van der Waals surface area contributed by atoms with Gasteiger partial charge in [0.25, 0.3) is 0 Å². The Labute approximate surface area is 79.8 Å². The average Bonchev–Trinajstić information content (AvgIpc) is 2.45. The fourth-order valence-electron chi connectivity index (χ4n) is 1.16. The Morgan fingerprint density at radius 2 is 1.92 bits per heavy atom. The van der Waals surface area contributed by atoms with E-state index in [2.05, 4.69) is 35.4 Å². The molecule has 0 amide bonds. The molecule has 1 aliphatic carbocycles. The first-order chi connectivity index (χ1) is 6.47. The van der Waals surface area contributed by atoms with Gasteiger partial charge in [0, 0.05) is 6.20 Å². The first-order valence-electron chi connectivity index (χ1n) is 4.75. The summed E-state index contributed by atoms with van der Waals surface area (Å²) in [6.45, 7) is 4.00. The lowest BCUT2D eigenvalue weighted by Crippen LogP contribution is -1.82. The molecule has 0 bridgehead atoms. The molecule has 0 saturated heterocycles. The van der Waals surface area contributed by atoms with Crippen LogP contribution in [0.15, 0.2) is 30.5 Å². The second kappa shape index (κ2) is 5.31. The minimum absolute atomic E-state index is 1.01. The monoisotopic (exact) mass is 173 g/mol. The lowest BCUT2D eigenvalue weighted by Gasteiger charge is -1.95. The van der Waals surface area contributed by atoms with Crippen molar-refractivity contribution >= 4 is 12.2 Å². The van der Waals surface area contributed by atoms with Crippen LogP contribution in [0.5, 0.6) is 0 Å². The number of nitrogens with zero attached hydrogens (tertiary/aromatic N) is 1. The molecule has 0 aromatic carbocycles. The Balaban J connectivity index is 0.000000396. The predicted molar refractivity (Wildman–Crippen MR) is 58.3 cm³/mol. The van der Waals surface area contributed by atoms with Crippen molar-refractivity contribution in [2.24, 2.45) is 0 Å². The Kier molecular flexibility index (Phi) is 3.97. The molecule has 0 fully saturated rings. The van der Waals surface area contributed by atoms with Crippen LogP contribution in [0.4, 0.5) is 0 Å². The summed E-state index contributed by atoms with van der Waals surface area (Å²) in [6.07, 6.45) is 11.3. The molecule has 0 saturated carbocycles. The maximum atomic E-state index is 4.24. The number of hydrogen-bond acceptors (Lipinski definition) is 1. The van der Waals surface area contributed by atoms with E-state index < -0.39 is 0 Å². The highest BCUT2D eigenvalue weighted by atomic mass is 14.7. The quantitative estimate of drug-likeness (QED) is 0.584. The third-order valence-corrected chi connectivity index (χ3v) is 1.72. The van der Waals surface area contributed by atoms with Crippen LogP contribution in [-0.4, -0.2) is 4.98 Å². The molecule has 0 aliphatic heterocycles. The van der Waals surface area contributed by atoms with Gasteiger partial charge in [-0.05, 0) is 24.1 Å². The zero-order valence-corrected chi connectivity index (χ0v) is 8.20. The van der Waals surface area contributed by atoms with Crippen LogP contribution >= 0.6 is 0 Å². The van der Waals surface area contributed by atoms with E-state index in [1.807, 2.05) is 26.1 Å². The normalized spacial score (nSPS) is 12.5.